The van der Waals surface area contributed by atoms with Crippen LogP contribution in [0.15, 0.2) is 58.3 Å². The summed E-state index contributed by atoms with van der Waals surface area (Å²) >= 11 is 1.41. The molecule has 2 aromatic carbocycles. The van der Waals surface area contributed by atoms with E-state index in [4.69, 9.17) is 0 Å². The molecule has 24 heavy (non-hydrogen) atoms. The van der Waals surface area contributed by atoms with Gasteiger partial charge in [0.1, 0.15) is 0 Å². The summed E-state index contributed by atoms with van der Waals surface area (Å²) in [5.74, 6) is 0. The molecule has 3 rings (SSSR count). The van der Waals surface area contributed by atoms with Crippen molar-refractivity contribution in [3.8, 4) is 0 Å². The molecule has 0 bridgehead atoms. The monoisotopic (exact) mass is 349 g/mol. The summed E-state index contributed by atoms with van der Waals surface area (Å²) in [6, 6.07) is 12.1. The Bertz CT molecular complexity index is 778. The van der Waals surface area contributed by atoms with Gasteiger partial charge in [-0.05, 0) is 49.9 Å². The molecule has 0 atom stereocenters. The van der Waals surface area contributed by atoms with Crippen molar-refractivity contribution in [3.63, 3.8) is 0 Å². The minimum absolute atomic E-state index is 0.312. The molecular formula is C19H18F3NS. The summed E-state index contributed by atoms with van der Waals surface area (Å²) in [7, 11) is 3.91. The third-order valence-corrected chi connectivity index (χ3v) is 5.06. The van der Waals surface area contributed by atoms with Crippen LogP contribution in [0.4, 0.5) is 13.2 Å². The summed E-state index contributed by atoms with van der Waals surface area (Å²) in [5.41, 5.74) is 1.32. The summed E-state index contributed by atoms with van der Waals surface area (Å²) in [5, 5.41) is 0. The smallest absolute Gasteiger partial charge is 0.309 e. The molecule has 1 nitrogen and oxygen atoms in total. The molecule has 0 unspecified atom stereocenters. The number of alkyl halides is 3. The van der Waals surface area contributed by atoms with E-state index in [0.29, 0.717) is 22.5 Å². The molecule has 0 fully saturated rings. The van der Waals surface area contributed by atoms with Crippen molar-refractivity contribution in [1.29, 1.82) is 0 Å². The Labute approximate surface area is 144 Å². The van der Waals surface area contributed by atoms with Gasteiger partial charge in [0, 0.05) is 21.9 Å². The van der Waals surface area contributed by atoms with E-state index >= 15 is 0 Å². The lowest BCUT2D eigenvalue weighted by atomic mass is 9.92. The predicted octanol–water partition coefficient (Wildman–Crippen LogP) is 5.55. The van der Waals surface area contributed by atoms with Gasteiger partial charge in [0.25, 0.3) is 0 Å². The Hall–Kier alpha value is -1.72. The molecule has 0 N–H and O–H groups in total. The van der Waals surface area contributed by atoms with Crippen LogP contribution in [0, 0.1) is 0 Å². The van der Waals surface area contributed by atoms with Crippen LogP contribution in [0.1, 0.15) is 23.1 Å². The normalized spacial score (nSPS) is 15.5. The number of hydrogen-bond acceptors (Lipinski definition) is 2. The molecule has 126 valence electrons. The minimum atomic E-state index is -4.36. The number of rotatable bonds is 3. The lowest BCUT2D eigenvalue weighted by molar-refractivity contribution is -0.137. The van der Waals surface area contributed by atoms with Gasteiger partial charge in [-0.1, -0.05) is 42.1 Å². The van der Waals surface area contributed by atoms with Crippen molar-refractivity contribution < 1.29 is 13.2 Å². The van der Waals surface area contributed by atoms with Crippen LogP contribution in [-0.4, -0.2) is 25.5 Å². The molecule has 0 amide bonds. The van der Waals surface area contributed by atoms with E-state index in [1.165, 1.54) is 23.9 Å². The zero-order valence-electron chi connectivity index (χ0n) is 13.5. The topological polar surface area (TPSA) is 3.24 Å². The highest BCUT2D eigenvalue weighted by Crippen LogP contribution is 2.49. The van der Waals surface area contributed by atoms with Gasteiger partial charge in [-0.15, -0.1) is 0 Å². The fourth-order valence-electron chi connectivity index (χ4n) is 2.84. The van der Waals surface area contributed by atoms with E-state index in [2.05, 4.69) is 0 Å². The van der Waals surface area contributed by atoms with Crippen LogP contribution in [0.25, 0.3) is 5.57 Å². The molecule has 2 aromatic rings. The quantitative estimate of drug-likeness (QED) is 0.609. The zero-order chi connectivity index (χ0) is 17.3. The molecular weight excluding hydrogens is 331 g/mol. The zero-order valence-corrected chi connectivity index (χ0v) is 14.3. The highest BCUT2D eigenvalue weighted by Gasteiger charge is 2.37. The molecule has 0 saturated heterocycles. The number of hydrogen-bond donors (Lipinski definition) is 0. The number of fused-ring (bicyclic) bond motifs is 2. The van der Waals surface area contributed by atoms with E-state index in [1.54, 1.807) is 6.07 Å². The van der Waals surface area contributed by atoms with Crippen LogP contribution >= 0.6 is 11.8 Å². The third-order valence-electron chi connectivity index (χ3n) is 3.92. The summed E-state index contributed by atoms with van der Waals surface area (Å²) in [6.07, 6.45) is -1.72. The first-order valence-corrected chi connectivity index (χ1v) is 8.52. The molecule has 0 aliphatic carbocycles. The molecule has 1 aliphatic rings. The molecule has 0 radical (unpaired) electrons. The highest BCUT2D eigenvalue weighted by atomic mass is 32.2. The summed E-state index contributed by atoms with van der Waals surface area (Å²) in [6.45, 7) is 0.794. The van der Waals surface area contributed by atoms with E-state index < -0.39 is 11.7 Å². The van der Waals surface area contributed by atoms with Gasteiger partial charge in [0.05, 0.1) is 5.56 Å². The number of halogens is 3. The largest absolute Gasteiger partial charge is 0.417 e. The maximum atomic E-state index is 13.5. The van der Waals surface area contributed by atoms with Gasteiger partial charge in [-0.25, -0.2) is 0 Å². The predicted molar refractivity (Wildman–Crippen MR) is 92.3 cm³/mol. The average Bonchev–Trinajstić information content (AvgIpc) is 2.52. The Morgan fingerprint density at radius 3 is 2.42 bits per heavy atom. The molecule has 1 heterocycles. The second kappa shape index (κ2) is 6.65. The van der Waals surface area contributed by atoms with Gasteiger partial charge < -0.3 is 4.90 Å². The Kier molecular flexibility index (Phi) is 4.74. The first-order valence-electron chi connectivity index (χ1n) is 7.70. The van der Waals surface area contributed by atoms with Gasteiger partial charge >= 0.3 is 6.18 Å². The summed E-state index contributed by atoms with van der Waals surface area (Å²) in [4.78, 5) is 3.69. The fourth-order valence-corrected chi connectivity index (χ4v) is 3.98. The van der Waals surface area contributed by atoms with Crippen molar-refractivity contribution >= 4 is 17.3 Å². The lowest BCUT2D eigenvalue weighted by Crippen LogP contribution is -2.14. The van der Waals surface area contributed by atoms with E-state index in [9.17, 15) is 13.2 Å². The van der Waals surface area contributed by atoms with Crippen molar-refractivity contribution in [3.05, 3.63) is 65.2 Å². The van der Waals surface area contributed by atoms with Crippen LogP contribution in [0.3, 0.4) is 0 Å². The van der Waals surface area contributed by atoms with Crippen molar-refractivity contribution in [1.82, 2.24) is 4.90 Å². The van der Waals surface area contributed by atoms with Crippen LogP contribution in [-0.2, 0) is 6.18 Å². The standard InChI is InChI=1S/C19H18F3NS/c1-23(2)12-6-8-14-13-7-3-4-10-16(13)24-17-11-5-9-15(18(14)17)19(20,21)22/h3-5,7-11H,6,12H2,1-2H3/b14-8+. The maximum absolute atomic E-state index is 13.5. The Morgan fingerprint density at radius 2 is 1.71 bits per heavy atom. The van der Waals surface area contributed by atoms with Crippen LogP contribution in [0.2, 0.25) is 0 Å². The molecule has 1 aliphatic heterocycles. The van der Waals surface area contributed by atoms with Gasteiger partial charge in [-0.2, -0.15) is 13.2 Å². The molecule has 0 aromatic heterocycles. The number of benzene rings is 2. The van der Waals surface area contributed by atoms with Gasteiger partial charge in [0.15, 0.2) is 0 Å². The molecule has 0 spiro atoms. The first kappa shape index (κ1) is 17.1. The molecule has 5 heteroatoms. The molecule has 0 saturated carbocycles. The highest BCUT2D eigenvalue weighted by molar-refractivity contribution is 7.99. The van der Waals surface area contributed by atoms with Crippen molar-refractivity contribution in [2.24, 2.45) is 0 Å². The lowest BCUT2D eigenvalue weighted by Gasteiger charge is -2.25. The Balaban J connectivity index is 2.17. The van der Waals surface area contributed by atoms with Crippen LogP contribution in [0.5, 0.6) is 0 Å². The Morgan fingerprint density at radius 1 is 1.00 bits per heavy atom. The van der Waals surface area contributed by atoms with E-state index in [0.717, 1.165) is 17.0 Å². The second-order valence-electron chi connectivity index (χ2n) is 5.98. The SMILES string of the molecule is CN(C)CC/C=C1\c2ccccc2Sc2cccc(C(F)(F)F)c21. The maximum Gasteiger partial charge on any atom is 0.417 e. The number of nitrogens with zero attached hydrogens (tertiary/aromatic N) is 1. The van der Waals surface area contributed by atoms with Crippen molar-refractivity contribution in [2.75, 3.05) is 20.6 Å². The van der Waals surface area contributed by atoms with E-state index in [-0.39, 0.29) is 0 Å². The van der Waals surface area contributed by atoms with Gasteiger partial charge in [-0.3, -0.25) is 0 Å². The minimum Gasteiger partial charge on any atom is -0.309 e. The average molecular weight is 349 g/mol. The fraction of sp³-hybridized carbons (Fsp3) is 0.263. The van der Waals surface area contributed by atoms with Crippen molar-refractivity contribution in [2.45, 2.75) is 22.4 Å². The summed E-state index contributed by atoms with van der Waals surface area (Å²) < 4.78 is 40.6. The van der Waals surface area contributed by atoms with Gasteiger partial charge in [0.2, 0.25) is 0 Å². The van der Waals surface area contributed by atoms with E-state index in [1.807, 2.05) is 49.3 Å². The first-order chi connectivity index (χ1) is 11.4. The third kappa shape index (κ3) is 3.37. The second-order valence-corrected chi connectivity index (χ2v) is 7.07. The van der Waals surface area contributed by atoms with Crippen LogP contribution < -0.4 is 0 Å².